The number of nitrogens with zero attached hydrogens (tertiary/aromatic N) is 4. The normalized spacial score (nSPS) is 15.5. The third-order valence-corrected chi connectivity index (χ3v) is 7.07. The third-order valence-electron chi connectivity index (χ3n) is 5.16. The number of anilines is 1. The van der Waals surface area contributed by atoms with Crippen LogP contribution in [0.25, 0.3) is 11.4 Å². The van der Waals surface area contributed by atoms with Crippen LogP contribution in [0.3, 0.4) is 0 Å². The summed E-state index contributed by atoms with van der Waals surface area (Å²) in [7, 11) is -1.57. The molecule has 0 unspecified atom stereocenters. The van der Waals surface area contributed by atoms with Crippen LogP contribution in [0.4, 0.5) is 5.69 Å². The Morgan fingerprint density at radius 1 is 0.903 bits per heavy atom. The number of benzene rings is 2. The molecule has 1 saturated heterocycles. The van der Waals surface area contributed by atoms with Gasteiger partial charge in [-0.1, -0.05) is 30.3 Å². The Kier molecular flexibility index (Phi) is 6.08. The standard InChI is InChI=1S/C22H23N5O3S/c1-26-11-13-27(14-12-26)31(29,30)20-9-7-19(8-10-20)25-22(28)18-15-23-21(24-16-18)17-5-3-2-4-6-17/h2-10,15-16H,11-14H2,1H3,(H,25,28). The molecule has 0 bridgehead atoms. The summed E-state index contributed by atoms with van der Waals surface area (Å²) in [6.45, 7) is 2.35. The van der Waals surface area contributed by atoms with Gasteiger partial charge in [0.05, 0.1) is 10.5 Å². The Bertz CT molecular complexity index is 1140. The van der Waals surface area contributed by atoms with Gasteiger partial charge in [0.15, 0.2) is 5.82 Å². The maximum absolute atomic E-state index is 12.8. The highest BCUT2D eigenvalue weighted by Crippen LogP contribution is 2.20. The largest absolute Gasteiger partial charge is 0.322 e. The van der Waals surface area contributed by atoms with Gasteiger partial charge in [-0.2, -0.15) is 4.31 Å². The van der Waals surface area contributed by atoms with Gasteiger partial charge in [-0.15, -0.1) is 0 Å². The minimum absolute atomic E-state index is 0.214. The summed E-state index contributed by atoms with van der Waals surface area (Å²) in [6.07, 6.45) is 2.94. The number of aromatic nitrogens is 2. The van der Waals surface area contributed by atoms with Crippen LogP contribution in [-0.4, -0.2) is 66.7 Å². The average Bonchev–Trinajstić information content (AvgIpc) is 2.80. The van der Waals surface area contributed by atoms with Crippen molar-refractivity contribution in [1.82, 2.24) is 19.2 Å². The Morgan fingerprint density at radius 3 is 2.13 bits per heavy atom. The van der Waals surface area contributed by atoms with Gasteiger partial charge in [0.1, 0.15) is 0 Å². The molecule has 0 radical (unpaired) electrons. The van der Waals surface area contributed by atoms with E-state index in [1.807, 2.05) is 37.4 Å². The number of amides is 1. The second-order valence-corrected chi connectivity index (χ2v) is 9.29. The molecule has 1 aliphatic heterocycles. The van der Waals surface area contributed by atoms with Crippen molar-refractivity contribution in [2.24, 2.45) is 0 Å². The number of nitrogens with one attached hydrogen (secondary N) is 1. The zero-order valence-electron chi connectivity index (χ0n) is 17.1. The molecule has 1 aliphatic rings. The SMILES string of the molecule is CN1CCN(S(=O)(=O)c2ccc(NC(=O)c3cnc(-c4ccccc4)nc3)cc2)CC1. The van der Waals surface area contributed by atoms with Gasteiger partial charge >= 0.3 is 0 Å². The minimum atomic E-state index is -3.54. The number of carbonyl (C=O) groups is 1. The topological polar surface area (TPSA) is 95.5 Å². The number of carbonyl (C=O) groups excluding carboxylic acids is 1. The molecule has 3 aromatic rings. The summed E-state index contributed by atoms with van der Waals surface area (Å²) in [4.78, 5) is 23.3. The lowest BCUT2D eigenvalue weighted by Crippen LogP contribution is -2.46. The lowest BCUT2D eigenvalue weighted by molar-refractivity contribution is 0.102. The van der Waals surface area contributed by atoms with Crippen molar-refractivity contribution >= 4 is 21.6 Å². The summed E-state index contributed by atoms with van der Waals surface area (Å²) in [6, 6.07) is 15.7. The number of hydrogen-bond acceptors (Lipinski definition) is 6. The van der Waals surface area contributed by atoms with E-state index in [4.69, 9.17) is 0 Å². The molecule has 0 spiro atoms. The molecule has 9 heteroatoms. The molecule has 160 valence electrons. The fourth-order valence-corrected chi connectivity index (χ4v) is 4.69. The van der Waals surface area contributed by atoms with Crippen LogP contribution in [0.5, 0.6) is 0 Å². The molecular weight excluding hydrogens is 414 g/mol. The summed E-state index contributed by atoms with van der Waals surface area (Å²) < 4.78 is 27.1. The molecule has 1 N–H and O–H groups in total. The van der Waals surface area contributed by atoms with Gasteiger partial charge in [0.2, 0.25) is 10.0 Å². The maximum Gasteiger partial charge on any atom is 0.258 e. The number of sulfonamides is 1. The zero-order valence-corrected chi connectivity index (χ0v) is 17.9. The van der Waals surface area contributed by atoms with E-state index in [1.54, 1.807) is 12.1 Å². The van der Waals surface area contributed by atoms with E-state index in [0.29, 0.717) is 43.3 Å². The fraction of sp³-hybridized carbons (Fsp3) is 0.227. The van der Waals surface area contributed by atoms with Gasteiger partial charge in [0.25, 0.3) is 5.91 Å². The summed E-state index contributed by atoms with van der Waals surface area (Å²) in [5.74, 6) is 0.171. The van der Waals surface area contributed by atoms with Crippen molar-refractivity contribution in [3.8, 4) is 11.4 Å². The molecule has 2 aromatic carbocycles. The summed E-state index contributed by atoms with van der Waals surface area (Å²) in [5.41, 5.74) is 1.68. The molecule has 1 fully saturated rings. The van der Waals surface area contributed by atoms with E-state index in [-0.39, 0.29) is 10.8 Å². The number of piperazine rings is 1. The van der Waals surface area contributed by atoms with Crippen LogP contribution in [0.15, 0.2) is 71.9 Å². The molecule has 0 saturated carbocycles. The highest BCUT2D eigenvalue weighted by Gasteiger charge is 2.27. The smallest absolute Gasteiger partial charge is 0.258 e. The van der Waals surface area contributed by atoms with E-state index in [0.717, 1.165) is 5.56 Å². The molecular formula is C22H23N5O3S. The van der Waals surface area contributed by atoms with Crippen molar-refractivity contribution in [2.75, 3.05) is 38.5 Å². The second-order valence-electron chi connectivity index (χ2n) is 7.35. The van der Waals surface area contributed by atoms with Crippen LogP contribution in [0.1, 0.15) is 10.4 Å². The predicted octanol–water partition coefficient (Wildman–Crippen LogP) is 2.33. The molecule has 0 aliphatic carbocycles. The first-order chi connectivity index (χ1) is 14.9. The van der Waals surface area contributed by atoms with Crippen LogP contribution in [0.2, 0.25) is 0 Å². The van der Waals surface area contributed by atoms with Crippen molar-refractivity contribution < 1.29 is 13.2 Å². The van der Waals surface area contributed by atoms with E-state index in [1.165, 1.54) is 28.8 Å². The maximum atomic E-state index is 12.8. The van der Waals surface area contributed by atoms with Gasteiger partial charge in [-0.3, -0.25) is 4.79 Å². The fourth-order valence-electron chi connectivity index (χ4n) is 3.27. The Hall–Kier alpha value is -3.14. The first kappa shape index (κ1) is 21.1. The summed E-state index contributed by atoms with van der Waals surface area (Å²) >= 11 is 0. The lowest BCUT2D eigenvalue weighted by Gasteiger charge is -2.31. The Labute approximate surface area is 181 Å². The highest BCUT2D eigenvalue weighted by atomic mass is 32.2. The molecule has 0 atom stereocenters. The van der Waals surface area contributed by atoms with Crippen LogP contribution in [-0.2, 0) is 10.0 Å². The predicted molar refractivity (Wildman–Crippen MR) is 118 cm³/mol. The first-order valence-corrected chi connectivity index (χ1v) is 11.3. The van der Waals surface area contributed by atoms with Crippen molar-refractivity contribution in [3.05, 3.63) is 72.6 Å². The van der Waals surface area contributed by atoms with Gasteiger partial charge < -0.3 is 10.2 Å². The second kappa shape index (κ2) is 8.93. The van der Waals surface area contributed by atoms with Crippen LogP contribution in [0, 0.1) is 0 Å². The monoisotopic (exact) mass is 437 g/mol. The molecule has 1 amide bonds. The third kappa shape index (κ3) is 4.79. The van der Waals surface area contributed by atoms with Gasteiger partial charge in [-0.05, 0) is 31.3 Å². The van der Waals surface area contributed by atoms with E-state index >= 15 is 0 Å². The molecule has 4 rings (SSSR count). The lowest BCUT2D eigenvalue weighted by atomic mass is 10.2. The highest BCUT2D eigenvalue weighted by molar-refractivity contribution is 7.89. The quantitative estimate of drug-likeness (QED) is 0.658. The van der Waals surface area contributed by atoms with Crippen molar-refractivity contribution in [2.45, 2.75) is 4.90 Å². The van der Waals surface area contributed by atoms with E-state index < -0.39 is 10.0 Å². The molecule has 1 aromatic heterocycles. The van der Waals surface area contributed by atoms with Gasteiger partial charge in [0, 0.05) is 49.8 Å². The van der Waals surface area contributed by atoms with E-state index in [2.05, 4.69) is 20.2 Å². The Balaban J connectivity index is 1.42. The number of rotatable bonds is 5. The van der Waals surface area contributed by atoms with Crippen LogP contribution >= 0.6 is 0 Å². The Morgan fingerprint density at radius 2 is 1.52 bits per heavy atom. The first-order valence-electron chi connectivity index (χ1n) is 9.91. The number of likely N-dealkylation sites (N-methyl/N-ethyl adjacent to an activating group) is 1. The van der Waals surface area contributed by atoms with Crippen molar-refractivity contribution in [1.29, 1.82) is 0 Å². The average molecular weight is 438 g/mol. The zero-order chi connectivity index (χ0) is 21.8. The minimum Gasteiger partial charge on any atom is -0.322 e. The van der Waals surface area contributed by atoms with Gasteiger partial charge in [-0.25, -0.2) is 18.4 Å². The molecule has 31 heavy (non-hydrogen) atoms. The van der Waals surface area contributed by atoms with E-state index in [9.17, 15) is 13.2 Å². The number of hydrogen-bond donors (Lipinski definition) is 1. The summed E-state index contributed by atoms with van der Waals surface area (Å²) in [5, 5.41) is 2.75. The molecule has 2 heterocycles. The van der Waals surface area contributed by atoms with Crippen molar-refractivity contribution in [3.63, 3.8) is 0 Å². The van der Waals surface area contributed by atoms with Crippen LogP contribution < -0.4 is 5.32 Å². The molecule has 8 nitrogen and oxygen atoms in total.